The van der Waals surface area contributed by atoms with Gasteiger partial charge >= 0.3 is 0 Å². The van der Waals surface area contributed by atoms with Gasteiger partial charge in [-0.1, -0.05) is 41.4 Å². The molecule has 2 N–H and O–H groups in total. The summed E-state index contributed by atoms with van der Waals surface area (Å²) in [6, 6.07) is 19.0. The third kappa shape index (κ3) is 4.80. The van der Waals surface area contributed by atoms with Gasteiger partial charge in [0.05, 0.1) is 15.6 Å². The largest absolute Gasteiger partial charge is 0.322 e. The number of carbonyl (C=O) groups is 1. The van der Waals surface area contributed by atoms with Gasteiger partial charge < -0.3 is 5.32 Å². The summed E-state index contributed by atoms with van der Waals surface area (Å²) < 4.78 is 27.4. The Morgan fingerprint density at radius 1 is 0.852 bits per heavy atom. The molecule has 3 rings (SSSR count). The summed E-state index contributed by atoms with van der Waals surface area (Å²) >= 11 is 11.9. The predicted molar refractivity (Wildman–Crippen MR) is 108 cm³/mol. The molecule has 0 unspecified atom stereocenters. The molecule has 0 saturated heterocycles. The highest BCUT2D eigenvalue weighted by atomic mass is 35.5. The molecule has 0 fully saturated rings. The minimum absolute atomic E-state index is 0.0243. The summed E-state index contributed by atoms with van der Waals surface area (Å²) in [7, 11) is -3.86. The summed E-state index contributed by atoms with van der Waals surface area (Å²) in [4.78, 5) is 12.2. The maximum Gasteiger partial charge on any atom is 0.261 e. The lowest BCUT2D eigenvalue weighted by Crippen LogP contribution is -2.14. The first-order valence-electron chi connectivity index (χ1n) is 7.79. The summed E-state index contributed by atoms with van der Waals surface area (Å²) in [5.41, 5.74) is 1.17. The smallest absolute Gasteiger partial charge is 0.261 e. The molecule has 0 aliphatic rings. The molecule has 8 heteroatoms. The lowest BCUT2D eigenvalue weighted by molar-refractivity contribution is 0.102. The summed E-state index contributed by atoms with van der Waals surface area (Å²) in [5, 5.41) is 3.30. The van der Waals surface area contributed by atoms with Crippen LogP contribution in [0.5, 0.6) is 0 Å². The maximum atomic E-state index is 12.5. The van der Waals surface area contributed by atoms with Crippen molar-refractivity contribution in [3.05, 3.63) is 88.4 Å². The van der Waals surface area contributed by atoms with Crippen molar-refractivity contribution in [3.63, 3.8) is 0 Å². The van der Waals surface area contributed by atoms with E-state index in [9.17, 15) is 13.2 Å². The molecule has 0 heterocycles. The Bertz CT molecular complexity index is 1070. The molecule has 0 spiro atoms. The minimum Gasteiger partial charge on any atom is -0.322 e. The zero-order valence-electron chi connectivity index (χ0n) is 13.8. The van der Waals surface area contributed by atoms with Gasteiger partial charge in [0.1, 0.15) is 0 Å². The number of benzene rings is 3. The normalized spacial score (nSPS) is 11.0. The highest BCUT2D eigenvalue weighted by Gasteiger charge is 2.16. The molecule has 0 bridgehead atoms. The van der Waals surface area contributed by atoms with E-state index in [-0.39, 0.29) is 21.5 Å². The van der Waals surface area contributed by atoms with E-state index in [4.69, 9.17) is 23.2 Å². The van der Waals surface area contributed by atoms with Gasteiger partial charge in [-0.05, 0) is 54.6 Å². The molecule has 1 amide bonds. The van der Waals surface area contributed by atoms with E-state index < -0.39 is 10.0 Å². The first-order chi connectivity index (χ1) is 12.8. The summed E-state index contributed by atoms with van der Waals surface area (Å²) in [6.07, 6.45) is 0. The number of anilines is 2. The van der Waals surface area contributed by atoms with Gasteiger partial charge in [-0.15, -0.1) is 0 Å². The van der Waals surface area contributed by atoms with Crippen LogP contribution in [-0.4, -0.2) is 14.3 Å². The number of hydrogen-bond donors (Lipinski definition) is 2. The van der Waals surface area contributed by atoms with Crippen molar-refractivity contribution in [3.8, 4) is 0 Å². The predicted octanol–water partition coefficient (Wildman–Crippen LogP) is 5.05. The van der Waals surface area contributed by atoms with Crippen LogP contribution < -0.4 is 10.0 Å². The standard InChI is InChI=1S/C19H14Cl2N2O3S/c20-14-6-11-17(21)18(12-14)23-27(25,26)16-9-7-15(8-10-16)22-19(24)13-4-2-1-3-5-13/h1-12,23H,(H,22,24). The molecule has 0 saturated carbocycles. The number of carbonyl (C=O) groups excluding carboxylic acids is 1. The molecular weight excluding hydrogens is 407 g/mol. The van der Waals surface area contributed by atoms with Gasteiger partial charge in [0, 0.05) is 16.3 Å². The average molecular weight is 421 g/mol. The zero-order chi connectivity index (χ0) is 19.4. The summed E-state index contributed by atoms with van der Waals surface area (Å²) in [6.45, 7) is 0. The molecule has 3 aromatic rings. The van der Waals surface area contributed by atoms with Crippen LogP contribution in [0.15, 0.2) is 77.7 Å². The highest BCUT2D eigenvalue weighted by Crippen LogP contribution is 2.28. The number of sulfonamides is 1. The van der Waals surface area contributed by atoms with Crippen LogP contribution in [0.1, 0.15) is 10.4 Å². The number of halogens is 2. The van der Waals surface area contributed by atoms with Gasteiger partial charge in [-0.25, -0.2) is 8.42 Å². The lowest BCUT2D eigenvalue weighted by atomic mass is 10.2. The Morgan fingerprint density at radius 3 is 2.19 bits per heavy atom. The third-order valence-corrected chi connectivity index (χ3v) is 5.58. The quantitative estimate of drug-likeness (QED) is 0.606. The monoisotopic (exact) mass is 420 g/mol. The second-order valence-electron chi connectivity index (χ2n) is 5.57. The van der Waals surface area contributed by atoms with Crippen LogP contribution in [0.2, 0.25) is 10.0 Å². The molecule has 0 radical (unpaired) electrons. The number of nitrogens with one attached hydrogen (secondary N) is 2. The number of hydrogen-bond acceptors (Lipinski definition) is 3. The van der Waals surface area contributed by atoms with E-state index in [0.717, 1.165) is 0 Å². The van der Waals surface area contributed by atoms with E-state index in [1.54, 1.807) is 30.3 Å². The van der Waals surface area contributed by atoms with Crippen LogP contribution >= 0.6 is 23.2 Å². The SMILES string of the molecule is O=C(Nc1ccc(S(=O)(=O)Nc2cc(Cl)ccc2Cl)cc1)c1ccccc1. The van der Waals surface area contributed by atoms with E-state index in [1.165, 1.54) is 36.4 Å². The second kappa shape index (κ2) is 8.00. The maximum absolute atomic E-state index is 12.5. The van der Waals surface area contributed by atoms with Gasteiger partial charge in [0.25, 0.3) is 15.9 Å². The van der Waals surface area contributed by atoms with E-state index in [1.807, 2.05) is 6.07 Å². The topological polar surface area (TPSA) is 75.3 Å². The summed E-state index contributed by atoms with van der Waals surface area (Å²) in [5.74, 6) is -0.282. The van der Waals surface area contributed by atoms with Gasteiger partial charge in [0.15, 0.2) is 0 Å². The Hall–Kier alpha value is -2.54. The van der Waals surface area contributed by atoms with Crippen molar-refractivity contribution >= 4 is 50.5 Å². The first-order valence-corrected chi connectivity index (χ1v) is 10.0. The molecule has 5 nitrogen and oxygen atoms in total. The minimum atomic E-state index is -3.86. The van der Waals surface area contributed by atoms with Crippen LogP contribution in [-0.2, 0) is 10.0 Å². The van der Waals surface area contributed by atoms with Crippen molar-refractivity contribution in [1.82, 2.24) is 0 Å². The van der Waals surface area contributed by atoms with Crippen LogP contribution in [0.3, 0.4) is 0 Å². The van der Waals surface area contributed by atoms with Crippen LogP contribution in [0.4, 0.5) is 11.4 Å². The van der Waals surface area contributed by atoms with Gasteiger partial charge in [-0.3, -0.25) is 9.52 Å². The van der Waals surface area contributed by atoms with Crippen molar-refractivity contribution < 1.29 is 13.2 Å². The Morgan fingerprint density at radius 2 is 1.52 bits per heavy atom. The zero-order valence-corrected chi connectivity index (χ0v) is 16.1. The van der Waals surface area contributed by atoms with E-state index >= 15 is 0 Å². The van der Waals surface area contributed by atoms with Gasteiger partial charge in [0.2, 0.25) is 0 Å². The van der Waals surface area contributed by atoms with E-state index in [2.05, 4.69) is 10.0 Å². The molecule has 0 atom stereocenters. The second-order valence-corrected chi connectivity index (χ2v) is 8.10. The average Bonchev–Trinajstić information content (AvgIpc) is 2.65. The fourth-order valence-electron chi connectivity index (χ4n) is 2.29. The number of rotatable bonds is 5. The van der Waals surface area contributed by atoms with Crippen molar-refractivity contribution in [2.45, 2.75) is 4.90 Å². The van der Waals surface area contributed by atoms with E-state index in [0.29, 0.717) is 16.3 Å². The van der Waals surface area contributed by atoms with Crippen LogP contribution in [0, 0.1) is 0 Å². The Balaban J connectivity index is 1.76. The molecule has 27 heavy (non-hydrogen) atoms. The fraction of sp³-hybridized carbons (Fsp3) is 0. The molecule has 0 aliphatic carbocycles. The fourth-order valence-corrected chi connectivity index (χ4v) is 3.75. The first kappa shape index (κ1) is 19.2. The van der Waals surface area contributed by atoms with Crippen LogP contribution in [0.25, 0.3) is 0 Å². The van der Waals surface area contributed by atoms with Crippen molar-refractivity contribution in [2.24, 2.45) is 0 Å². The molecule has 3 aromatic carbocycles. The Labute approximate surface area is 167 Å². The lowest BCUT2D eigenvalue weighted by Gasteiger charge is -2.11. The number of amides is 1. The third-order valence-electron chi connectivity index (χ3n) is 3.63. The van der Waals surface area contributed by atoms with Gasteiger partial charge in [-0.2, -0.15) is 0 Å². The Kier molecular flexibility index (Phi) is 5.70. The molecular formula is C19H14Cl2N2O3S. The highest BCUT2D eigenvalue weighted by molar-refractivity contribution is 7.92. The molecule has 138 valence electrons. The van der Waals surface area contributed by atoms with Crippen molar-refractivity contribution in [2.75, 3.05) is 10.0 Å². The van der Waals surface area contributed by atoms with Crippen molar-refractivity contribution in [1.29, 1.82) is 0 Å². The molecule has 0 aliphatic heterocycles. The molecule has 0 aromatic heterocycles.